The van der Waals surface area contributed by atoms with Crippen molar-refractivity contribution in [2.24, 2.45) is 0 Å². The van der Waals surface area contributed by atoms with Gasteiger partial charge in [-0.15, -0.1) is 11.3 Å². The number of ether oxygens (including phenoxy) is 3. The van der Waals surface area contributed by atoms with E-state index >= 15 is 0 Å². The van der Waals surface area contributed by atoms with Crippen LogP contribution in [0.4, 0.5) is 5.13 Å². The van der Waals surface area contributed by atoms with Crippen LogP contribution in [-0.4, -0.2) is 43.2 Å². The smallest absolute Gasteiger partial charge is 0.331 e. The third-order valence-electron chi connectivity index (χ3n) is 3.12. The molecule has 2 aromatic rings. The first-order valence-corrected chi connectivity index (χ1v) is 8.81. The highest BCUT2D eigenvalue weighted by Crippen LogP contribution is 2.26. The molecule has 0 radical (unpaired) electrons. The lowest BCUT2D eigenvalue weighted by Gasteiger charge is -2.02. The van der Waals surface area contributed by atoms with Gasteiger partial charge in [0.1, 0.15) is 5.75 Å². The third kappa shape index (κ3) is 6.55. The number of amides is 1. The monoisotopic (exact) mass is 390 g/mol. The van der Waals surface area contributed by atoms with Gasteiger partial charge in [-0.2, -0.15) is 0 Å². The first-order chi connectivity index (χ1) is 13.0. The molecule has 0 fully saturated rings. The maximum Gasteiger partial charge on any atom is 0.331 e. The van der Waals surface area contributed by atoms with E-state index in [1.807, 2.05) is 24.3 Å². The number of nitrogens with one attached hydrogen (secondary N) is 1. The SMILES string of the molecule is CCOC(=O)/C=C/C(=O)OCC(=O)Nc1nc(-c2ccc(OC)cc2)cs1. The van der Waals surface area contributed by atoms with E-state index in [9.17, 15) is 14.4 Å². The zero-order chi connectivity index (χ0) is 19.6. The van der Waals surface area contributed by atoms with Gasteiger partial charge in [-0.1, -0.05) is 0 Å². The van der Waals surface area contributed by atoms with Gasteiger partial charge in [0.15, 0.2) is 11.7 Å². The Hall–Kier alpha value is -3.20. The second-order valence-corrected chi connectivity index (χ2v) is 5.87. The van der Waals surface area contributed by atoms with Crippen LogP contribution in [0.1, 0.15) is 6.92 Å². The second kappa shape index (κ2) is 10.1. The number of carbonyl (C=O) groups excluding carboxylic acids is 3. The largest absolute Gasteiger partial charge is 0.497 e. The van der Waals surface area contributed by atoms with E-state index in [1.54, 1.807) is 19.4 Å². The number of hydrogen-bond donors (Lipinski definition) is 1. The molecule has 2 rings (SSSR count). The molecule has 27 heavy (non-hydrogen) atoms. The highest BCUT2D eigenvalue weighted by Gasteiger charge is 2.10. The standard InChI is InChI=1S/C18H18N2O6S/c1-3-25-16(22)8-9-17(23)26-10-15(21)20-18-19-14(11-27-18)12-4-6-13(24-2)7-5-12/h4-9,11H,3,10H2,1-2H3,(H,19,20,21)/b9-8+. The summed E-state index contributed by atoms with van der Waals surface area (Å²) in [6.07, 6.45) is 1.84. The van der Waals surface area contributed by atoms with Crippen LogP contribution >= 0.6 is 11.3 Å². The molecule has 9 heteroatoms. The summed E-state index contributed by atoms with van der Waals surface area (Å²) in [5.74, 6) is -1.28. The fourth-order valence-corrected chi connectivity index (χ4v) is 2.63. The number of hydrogen-bond acceptors (Lipinski definition) is 8. The number of aromatic nitrogens is 1. The summed E-state index contributed by atoms with van der Waals surface area (Å²) in [6, 6.07) is 7.35. The Bertz CT molecular complexity index is 829. The Balaban J connectivity index is 1.83. The van der Waals surface area contributed by atoms with Crippen LogP contribution in [0.3, 0.4) is 0 Å². The van der Waals surface area contributed by atoms with Crippen molar-refractivity contribution in [2.75, 3.05) is 25.6 Å². The third-order valence-corrected chi connectivity index (χ3v) is 3.88. The van der Waals surface area contributed by atoms with Crippen LogP contribution in [0.25, 0.3) is 11.3 Å². The zero-order valence-corrected chi connectivity index (χ0v) is 15.6. The fraction of sp³-hybridized carbons (Fsp3) is 0.222. The summed E-state index contributed by atoms with van der Waals surface area (Å²) < 4.78 is 14.5. The highest BCUT2D eigenvalue weighted by atomic mass is 32.1. The van der Waals surface area contributed by atoms with Crippen molar-refractivity contribution < 1.29 is 28.6 Å². The normalized spacial score (nSPS) is 10.4. The van der Waals surface area contributed by atoms with Crippen molar-refractivity contribution in [3.05, 3.63) is 41.8 Å². The van der Waals surface area contributed by atoms with Crippen LogP contribution in [0.2, 0.25) is 0 Å². The van der Waals surface area contributed by atoms with Crippen LogP contribution in [0.15, 0.2) is 41.8 Å². The summed E-state index contributed by atoms with van der Waals surface area (Å²) in [4.78, 5) is 38.6. The predicted octanol–water partition coefficient (Wildman–Crippen LogP) is 2.42. The molecule has 1 amide bonds. The van der Waals surface area contributed by atoms with Crippen LogP contribution < -0.4 is 10.1 Å². The van der Waals surface area contributed by atoms with Crippen molar-refractivity contribution >= 4 is 34.3 Å². The molecule has 0 saturated heterocycles. The minimum Gasteiger partial charge on any atom is -0.497 e. The first-order valence-electron chi connectivity index (χ1n) is 7.93. The van der Waals surface area contributed by atoms with Crippen molar-refractivity contribution in [1.82, 2.24) is 4.98 Å². The van der Waals surface area contributed by atoms with E-state index in [-0.39, 0.29) is 6.61 Å². The molecule has 1 aromatic heterocycles. The molecule has 0 unspecified atom stereocenters. The molecule has 0 aliphatic rings. The maximum absolute atomic E-state index is 11.8. The highest BCUT2D eigenvalue weighted by molar-refractivity contribution is 7.14. The minimum absolute atomic E-state index is 0.201. The molecule has 142 valence electrons. The van der Waals surface area contributed by atoms with Crippen LogP contribution in [0, 0.1) is 0 Å². The molecule has 0 spiro atoms. The molecule has 0 aliphatic carbocycles. The van der Waals surface area contributed by atoms with Crippen LogP contribution in [-0.2, 0) is 23.9 Å². The molecule has 0 bridgehead atoms. The number of anilines is 1. The molecule has 0 atom stereocenters. The van der Waals surface area contributed by atoms with Gasteiger partial charge in [-0.05, 0) is 31.2 Å². The van der Waals surface area contributed by atoms with E-state index in [0.717, 1.165) is 23.5 Å². The average Bonchev–Trinajstić information content (AvgIpc) is 3.13. The molecule has 1 aromatic carbocycles. The van der Waals surface area contributed by atoms with Gasteiger partial charge in [0.05, 0.1) is 19.4 Å². The number of methoxy groups -OCH3 is 1. The van der Waals surface area contributed by atoms with Gasteiger partial charge in [-0.25, -0.2) is 14.6 Å². The van der Waals surface area contributed by atoms with E-state index in [0.29, 0.717) is 10.8 Å². The topological polar surface area (TPSA) is 104 Å². The number of carbonyl (C=O) groups is 3. The van der Waals surface area contributed by atoms with Crippen LogP contribution in [0.5, 0.6) is 5.75 Å². The zero-order valence-electron chi connectivity index (χ0n) is 14.8. The van der Waals surface area contributed by atoms with Gasteiger partial charge in [0.25, 0.3) is 5.91 Å². The summed E-state index contributed by atoms with van der Waals surface area (Å²) in [5.41, 5.74) is 1.58. The number of benzene rings is 1. The quantitative estimate of drug-likeness (QED) is 0.545. The Morgan fingerprint density at radius 1 is 1.11 bits per heavy atom. The number of rotatable bonds is 8. The molecule has 1 heterocycles. The number of thiazole rings is 1. The van der Waals surface area contributed by atoms with E-state index in [4.69, 9.17) is 9.47 Å². The summed E-state index contributed by atoms with van der Waals surface area (Å²) >= 11 is 1.25. The van der Waals surface area contributed by atoms with Gasteiger partial charge in [0.2, 0.25) is 0 Å². The van der Waals surface area contributed by atoms with Crippen molar-refractivity contribution in [2.45, 2.75) is 6.92 Å². The maximum atomic E-state index is 11.8. The summed E-state index contributed by atoms with van der Waals surface area (Å²) in [7, 11) is 1.59. The molecule has 1 N–H and O–H groups in total. The minimum atomic E-state index is -0.823. The lowest BCUT2D eigenvalue weighted by molar-refractivity contribution is -0.143. The lowest BCUT2D eigenvalue weighted by Crippen LogP contribution is -2.20. The van der Waals surface area contributed by atoms with Gasteiger partial charge in [-0.3, -0.25) is 10.1 Å². The fourth-order valence-electron chi connectivity index (χ4n) is 1.89. The van der Waals surface area contributed by atoms with E-state index in [2.05, 4.69) is 15.0 Å². The molecular formula is C18H18N2O6S. The summed E-state index contributed by atoms with van der Waals surface area (Å²) in [6.45, 7) is 1.35. The van der Waals surface area contributed by atoms with Gasteiger partial charge in [0, 0.05) is 23.1 Å². The van der Waals surface area contributed by atoms with Crippen molar-refractivity contribution in [3.63, 3.8) is 0 Å². The molecule has 8 nitrogen and oxygen atoms in total. The number of nitrogens with zero attached hydrogens (tertiary/aromatic N) is 1. The second-order valence-electron chi connectivity index (χ2n) is 5.01. The Labute approximate surface area is 159 Å². The molecular weight excluding hydrogens is 372 g/mol. The lowest BCUT2D eigenvalue weighted by atomic mass is 10.2. The van der Waals surface area contributed by atoms with Crippen molar-refractivity contribution in [1.29, 1.82) is 0 Å². The Kier molecular flexibility index (Phi) is 7.50. The van der Waals surface area contributed by atoms with E-state index in [1.165, 1.54) is 11.3 Å². The molecule has 0 aliphatic heterocycles. The average molecular weight is 390 g/mol. The molecule has 0 saturated carbocycles. The number of esters is 2. The Morgan fingerprint density at radius 2 is 1.78 bits per heavy atom. The van der Waals surface area contributed by atoms with Gasteiger partial charge < -0.3 is 14.2 Å². The Morgan fingerprint density at radius 3 is 2.41 bits per heavy atom. The predicted molar refractivity (Wildman–Crippen MR) is 99.5 cm³/mol. The summed E-state index contributed by atoms with van der Waals surface area (Å²) in [5, 5.41) is 4.72. The first kappa shape index (κ1) is 20.1. The van der Waals surface area contributed by atoms with E-state index < -0.39 is 24.5 Å². The van der Waals surface area contributed by atoms with Crippen molar-refractivity contribution in [3.8, 4) is 17.0 Å². The van der Waals surface area contributed by atoms with Gasteiger partial charge >= 0.3 is 11.9 Å².